The molecule has 2 heterocycles. The van der Waals surface area contributed by atoms with Gasteiger partial charge in [0.15, 0.2) is 0 Å². The Morgan fingerprint density at radius 1 is 1.20 bits per heavy atom. The standard InChI is InChI=1S/C15H15N3O2/c1-18(2)15(19)13-7-11-10-6-9(20-3)4-5-12(10)17-14(11)8-16-13/h4-8,17H,1-3H3. The molecule has 20 heavy (non-hydrogen) atoms. The van der Waals surface area contributed by atoms with E-state index < -0.39 is 0 Å². The van der Waals surface area contributed by atoms with Gasteiger partial charge in [-0.2, -0.15) is 0 Å². The summed E-state index contributed by atoms with van der Waals surface area (Å²) in [5.74, 6) is 0.680. The lowest BCUT2D eigenvalue weighted by Gasteiger charge is -2.09. The average molecular weight is 269 g/mol. The van der Waals surface area contributed by atoms with Crippen molar-refractivity contribution in [2.45, 2.75) is 0 Å². The van der Waals surface area contributed by atoms with E-state index in [-0.39, 0.29) is 5.91 Å². The number of hydrogen-bond donors (Lipinski definition) is 1. The van der Waals surface area contributed by atoms with Crippen LogP contribution in [-0.4, -0.2) is 42.0 Å². The summed E-state index contributed by atoms with van der Waals surface area (Å²) in [5.41, 5.74) is 2.34. The molecule has 3 rings (SSSR count). The Kier molecular flexibility index (Phi) is 2.82. The topological polar surface area (TPSA) is 58.2 Å². The van der Waals surface area contributed by atoms with Crippen LogP contribution in [0.3, 0.4) is 0 Å². The molecule has 2 aromatic heterocycles. The summed E-state index contributed by atoms with van der Waals surface area (Å²) >= 11 is 0. The van der Waals surface area contributed by atoms with Gasteiger partial charge < -0.3 is 14.6 Å². The van der Waals surface area contributed by atoms with Crippen molar-refractivity contribution in [1.82, 2.24) is 14.9 Å². The maximum atomic E-state index is 12.0. The summed E-state index contributed by atoms with van der Waals surface area (Å²) in [7, 11) is 5.07. The van der Waals surface area contributed by atoms with Gasteiger partial charge in [0.25, 0.3) is 5.91 Å². The Labute approximate surface area is 116 Å². The summed E-state index contributed by atoms with van der Waals surface area (Å²) < 4.78 is 5.25. The van der Waals surface area contributed by atoms with Gasteiger partial charge in [0.05, 0.1) is 18.8 Å². The normalized spacial score (nSPS) is 10.9. The summed E-state index contributed by atoms with van der Waals surface area (Å²) in [6.07, 6.45) is 1.69. The van der Waals surface area contributed by atoms with Crippen LogP contribution < -0.4 is 4.74 Å². The van der Waals surface area contributed by atoms with Gasteiger partial charge in [-0.3, -0.25) is 4.79 Å². The minimum atomic E-state index is -0.107. The predicted molar refractivity (Wildman–Crippen MR) is 78.2 cm³/mol. The van der Waals surface area contributed by atoms with Crippen LogP contribution in [0.25, 0.3) is 21.8 Å². The zero-order valence-corrected chi connectivity index (χ0v) is 11.6. The quantitative estimate of drug-likeness (QED) is 0.777. The molecule has 0 spiro atoms. The summed E-state index contributed by atoms with van der Waals surface area (Å²) in [6, 6.07) is 7.63. The van der Waals surface area contributed by atoms with Crippen LogP contribution in [0.4, 0.5) is 0 Å². The highest BCUT2D eigenvalue weighted by atomic mass is 16.5. The van der Waals surface area contributed by atoms with Crippen LogP contribution in [0.2, 0.25) is 0 Å². The first-order valence-corrected chi connectivity index (χ1v) is 6.27. The van der Waals surface area contributed by atoms with E-state index in [1.165, 1.54) is 4.90 Å². The van der Waals surface area contributed by atoms with Crippen LogP contribution in [0.5, 0.6) is 5.75 Å². The summed E-state index contributed by atoms with van der Waals surface area (Å²) in [6.45, 7) is 0. The van der Waals surface area contributed by atoms with E-state index in [1.807, 2.05) is 24.3 Å². The number of aromatic amines is 1. The van der Waals surface area contributed by atoms with Crippen LogP contribution in [0.1, 0.15) is 10.5 Å². The molecule has 1 amide bonds. The number of H-pyrrole nitrogens is 1. The number of amides is 1. The van der Waals surface area contributed by atoms with Crippen molar-refractivity contribution < 1.29 is 9.53 Å². The fourth-order valence-corrected chi connectivity index (χ4v) is 2.25. The van der Waals surface area contributed by atoms with E-state index in [9.17, 15) is 4.79 Å². The van der Waals surface area contributed by atoms with Gasteiger partial charge in [-0.1, -0.05) is 0 Å². The second kappa shape index (κ2) is 4.52. The van der Waals surface area contributed by atoms with Gasteiger partial charge in [-0.05, 0) is 24.3 Å². The van der Waals surface area contributed by atoms with E-state index >= 15 is 0 Å². The van der Waals surface area contributed by atoms with Crippen molar-refractivity contribution in [1.29, 1.82) is 0 Å². The zero-order valence-electron chi connectivity index (χ0n) is 11.6. The third kappa shape index (κ3) is 1.87. The molecule has 5 heteroatoms. The fraction of sp³-hybridized carbons (Fsp3) is 0.200. The minimum Gasteiger partial charge on any atom is -0.497 e. The Morgan fingerprint density at radius 3 is 2.65 bits per heavy atom. The third-order valence-electron chi connectivity index (χ3n) is 3.32. The van der Waals surface area contributed by atoms with Gasteiger partial charge in [0.1, 0.15) is 11.4 Å². The maximum absolute atomic E-state index is 12.0. The van der Waals surface area contributed by atoms with Crippen molar-refractivity contribution in [3.8, 4) is 5.75 Å². The maximum Gasteiger partial charge on any atom is 0.271 e. The van der Waals surface area contributed by atoms with Crippen LogP contribution in [-0.2, 0) is 0 Å². The van der Waals surface area contributed by atoms with E-state index in [0.29, 0.717) is 5.69 Å². The SMILES string of the molecule is COc1ccc2[nH]c3cnc(C(=O)N(C)C)cc3c2c1. The largest absolute Gasteiger partial charge is 0.497 e. The number of nitrogens with zero attached hydrogens (tertiary/aromatic N) is 2. The summed E-state index contributed by atoms with van der Waals surface area (Å²) in [5, 5.41) is 1.99. The second-order valence-electron chi connectivity index (χ2n) is 4.85. The van der Waals surface area contributed by atoms with E-state index in [1.54, 1.807) is 27.4 Å². The lowest BCUT2D eigenvalue weighted by molar-refractivity contribution is 0.0822. The molecule has 102 valence electrons. The Morgan fingerprint density at radius 2 is 1.95 bits per heavy atom. The van der Waals surface area contributed by atoms with E-state index in [4.69, 9.17) is 4.74 Å². The highest BCUT2D eigenvalue weighted by Gasteiger charge is 2.13. The lowest BCUT2D eigenvalue weighted by atomic mass is 10.1. The molecular weight excluding hydrogens is 254 g/mol. The number of carbonyl (C=O) groups excluding carboxylic acids is 1. The molecule has 3 aromatic rings. The number of carbonyl (C=O) groups is 1. The number of hydrogen-bond acceptors (Lipinski definition) is 3. The van der Waals surface area contributed by atoms with E-state index in [0.717, 1.165) is 27.6 Å². The van der Waals surface area contributed by atoms with Crippen molar-refractivity contribution in [2.24, 2.45) is 0 Å². The third-order valence-corrected chi connectivity index (χ3v) is 3.32. The highest BCUT2D eigenvalue weighted by molar-refractivity contribution is 6.09. The second-order valence-corrected chi connectivity index (χ2v) is 4.85. The molecule has 1 N–H and O–H groups in total. The fourth-order valence-electron chi connectivity index (χ4n) is 2.25. The number of aromatic nitrogens is 2. The number of rotatable bonds is 2. The number of ether oxygens (including phenoxy) is 1. The number of pyridine rings is 1. The van der Waals surface area contributed by atoms with Crippen molar-refractivity contribution in [2.75, 3.05) is 21.2 Å². The van der Waals surface area contributed by atoms with Gasteiger partial charge in [-0.15, -0.1) is 0 Å². The van der Waals surface area contributed by atoms with Gasteiger partial charge in [-0.25, -0.2) is 4.98 Å². The number of nitrogens with one attached hydrogen (secondary N) is 1. The molecule has 0 aliphatic heterocycles. The first kappa shape index (κ1) is 12.5. The Balaban J connectivity index is 2.25. The number of fused-ring (bicyclic) bond motifs is 3. The smallest absolute Gasteiger partial charge is 0.271 e. The zero-order chi connectivity index (χ0) is 14.3. The monoisotopic (exact) mass is 269 g/mol. The van der Waals surface area contributed by atoms with Gasteiger partial charge in [0.2, 0.25) is 0 Å². The average Bonchev–Trinajstić information content (AvgIpc) is 2.82. The lowest BCUT2D eigenvalue weighted by Crippen LogP contribution is -2.22. The molecule has 0 aliphatic rings. The molecule has 1 aromatic carbocycles. The molecule has 0 atom stereocenters. The Bertz CT molecular complexity index is 805. The molecule has 5 nitrogen and oxygen atoms in total. The molecule has 0 fully saturated rings. The van der Waals surface area contributed by atoms with Crippen molar-refractivity contribution in [3.63, 3.8) is 0 Å². The van der Waals surface area contributed by atoms with Crippen molar-refractivity contribution >= 4 is 27.7 Å². The first-order chi connectivity index (χ1) is 9.60. The summed E-state index contributed by atoms with van der Waals surface area (Å²) in [4.78, 5) is 21.0. The van der Waals surface area contributed by atoms with Crippen LogP contribution in [0.15, 0.2) is 30.5 Å². The van der Waals surface area contributed by atoms with Crippen LogP contribution in [0, 0.1) is 0 Å². The molecule has 0 saturated carbocycles. The van der Waals surface area contributed by atoms with Gasteiger partial charge in [0, 0.05) is 30.4 Å². The predicted octanol–water partition coefficient (Wildman–Crippen LogP) is 2.43. The van der Waals surface area contributed by atoms with Crippen LogP contribution >= 0.6 is 0 Å². The highest BCUT2D eigenvalue weighted by Crippen LogP contribution is 2.28. The first-order valence-electron chi connectivity index (χ1n) is 6.27. The molecular formula is C15H15N3O2. The minimum absolute atomic E-state index is 0.107. The molecule has 0 radical (unpaired) electrons. The van der Waals surface area contributed by atoms with Crippen molar-refractivity contribution in [3.05, 3.63) is 36.2 Å². The Hall–Kier alpha value is -2.56. The molecule has 0 unspecified atom stereocenters. The molecule has 0 saturated heterocycles. The molecule has 0 bridgehead atoms. The molecule has 0 aliphatic carbocycles. The number of benzene rings is 1. The van der Waals surface area contributed by atoms with E-state index in [2.05, 4.69) is 9.97 Å². The number of methoxy groups -OCH3 is 1. The van der Waals surface area contributed by atoms with Gasteiger partial charge >= 0.3 is 0 Å².